The average molecular weight is 525 g/mol. The summed E-state index contributed by atoms with van der Waals surface area (Å²) in [6, 6.07) is 19.0. The highest BCUT2D eigenvalue weighted by atomic mass is 35.5. The lowest BCUT2D eigenvalue weighted by molar-refractivity contribution is -0.115. The van der Waals surface area contributed by atoms with Gasteiger partial charge in [0.15, 0.2) is 0 Å². The van der Waals surface area contributed by atoms with Gasteiger partial charge in [-0.3, -0.25) is 14.5 Å². The molecule has 1 heterocycles. The van der Waals surface area contributed by atoms with Crippen molar-refractivity contribution >= 4 is 40.8 Å². The molecular weight excluding hydrogens is 496 g/mol. The fourth-order valence-corrected chi connectivity index (χ4v) is 4.80. The van der Waals surface area contributed by atoms with E-state index in [1.165, 1.54) is 17.5 Å². The number of amides is 1. The van der Waals surface area contributed by atoms with Gasteiger partial charge in [0, 0.05) is 41.6 Å². The molecule has 188 valence electrons. The molecule has 0 atom stereocenters. The number of methoxy groups -OCH3 is 2. The zero-order valence-electron chi connectivity index (χ0n) is 20.4. The first kappa shape index (κ1) is 25.9. The molecule has 0 bridgehead atoms. The molecule has 1 aliphatic rings. The minimum Gasteiger partial charge on any atom is -0.497 e. The number of hydrogen-bond acceptors (Lipinski definition) is 7. The number of benzene rings is 3. The topological polar surface area (TPSA) is 74.9 Å². The van der Waals surface area contributed by atoms with Crippen LogP contribution in [0.3, 0.4) is 0 Å². The van der Waals surface area contributed by atoms with Crippen LogP contribution in [0, 0.1) is 0 Å². The van der Waals surface area contributed by atoms with E-state index in [4.69, 9.17) is 21.1 Å². The zero-order chi connectivity index (χ0) is 25.5. The summed E-state index contributed by atoms with van der Waals surface area (Å²) in [7, 11) is 3.28. The molecule has 7 nitrogen and oxygen atoms in total. The Labute approximate surface area is 220 Å². The smallest absolute Gasteiger partial charge is 0.228 e. The van der Waals surface area contributed by atoms with Gasteiger partial charge in [0.25, 0.3) is 0 Å². The minimum atomic E-state index is -0.127. The van der Waals surface area contributed by atoms with Crippen molar-refractivity contribution in [3.8, 4) is 11.5 Å². The van der Waals surface area contributed by atoms with E-state index in [0.29, 0.717) is 17.3 Å². The largest absolute Gasteiger partial charge is 0.497 e. The molecule has 3 aromatic carbocycles. The Morgan fingerprint density at radius 2 is 1.92 bits per heavy atom. The third kappa shape index (κ3) is 6.53. The van der Waals surface area contributed by atoms with Crippen LogP contribution in [-0.4, -0.2) is 26.7 Å². The Kier molecular flexibility index (Phi) is 8.77. The Morgan fingerprint density at radius 3 is 2.64 bits per heavy atom. The molecule has 1 amide bonds. The molecule has 0 saturated carbocycles. The van der Waals surface area contributed by atoms with Crippen LogP contribution >= 0.6 is 23.5 Å². The number of carbonyl (C=O) groups excluding carboxylic acids is 1. The fourth-order valence-electron chi connectivity index (χ4n) is 3.76. The van der Waals surface area contributed by atoms with E-state index in [0.717, 1.165) is 39.8 Å². The lowest BCUT2D eigenvalue weighted by atomic mass is 10.1. The highest BCUT2D eigenvalue weighted by molar-refractivity contribution is 7.97. The summed E-state index contributed by atoms with van der Waals surface area (Å²) in [5.74, 6) is 1.37. The van der Waals surface area contributed by atoms with Gasteiger partial charge >= 0.3 is 0 Å². The SMILES string of the molecule is COc1ccc(CNSc2cc(NC(=O)Cc3ccccc3Cl)ccc2N2C=C(C)CN2)c(OC)c1. The lowest BCUT2D eigenvalue weighted by Gasteiger charge is -2.21. The van der Waals surface area contributed by atoms with E-state index < -0.39 is 0 Å². The van der Waals surface area contributed by atoms with Crippen LogP contribution in [-0.2, 0) is 17.8 Å². The number of ether oxygens (including phenoxy) is 2. The van der Waals surface area contributed by atoms with E-state index in [1.54, 1.807) is 20.3 Å². The van der Waals surface area contributed by atoms with Gasteiger partial charge in [-0.05, 0) is 60.3 Å². The third-order valence-corrected chi connectivity index (χ3v) is 6.83. The van der Waals surface area contributed by atoms with Crippen molar-refractivity contribution in [1.82, 2.24) is 10.1 Å². The van der Waals surface area contributed by atoms with Crippen molar-refractivity contribution in [1.29, 1.82) is 0 Å². The van der Waals surface area contributed by atoms with Crippen LogP contribution in [0.4, 0.5) is 11.4 Å². The highest BCUT2D eigenvalue weighted by Gasteiger charge is 2.17. The number of anilines is 2. The Hall–Kier alpha value is -3.17. The van der Waals surface area contributed by atoms with Gasteiger partial charge in [-0.1, -0.05) is 35.9 Å². The molecule has 3 aromatic rings. The normalized spacial score (nSPS) is 12.9. The van der Waals surface area contributed by atoms with Crippen LogP contribution < -0.4 is 29.9 Å². The van der Waals surface area contributed by atoms with Gasteiger partial charge in [0.2, 0.25) is 5.91 Å². The van der Waals surface area contributed by atoms with Crippen molar-refractivity contribution in [2.24, 2.45) is 0 Å². The summed E-state index contributed by atoms with van der Waals surface area (Å²) in [6.07, 6.45) is 2.27. The molecule has 0 spiro atoms. The number of nitrogens with one attached hydrogen (secondary N) is 3. The molecule has 4 rings (SSSR count). The predicted molar refractivity (Wildman–Crippen MR) is 147 cm³/mol. The quantitative estimate of drug-likeness (QED) is 0.300. The number of nitrogens with zero attached hydrogens (tertiary/aromatic N) is 1. The fraction of sp³-hybridized carbons (Fsp3) is 0.222. The van der Waals surface area contributed by atoms with E-state index in [1.807, 2.05) is 59.6 Å². The molecule has 1 aliphatic heterocycles. The summed E-state index contributed by atoms with van der Waals surface area (Å²) in [4.78, 5) is 13.7. The predicted octanol–water partition coefficient (Wildman–Crippen LogP) is 5.56. The molecule has 0 aliphatic carbocycles. The second kappa shape index (κ2) is 12.2. The summed E-state index contributed by atoms with van der Waals surface area (Å²) in [5.41, 5.74) is 8.09. The van der Waals surface area contributed by atoms with E-state index >= 15 is 0 Å². The molecule has 0 radical (unpaired) electrons. The first-order valence-electron chi connectivity index (χ1n) is 11.4. The number of hydrogen-bond donors (Lipinski definition) is 3. The van der Waals surface area contributed by atoms with Crippen LogP contribution in [0.25, 0.3) is 0 Å². The first-order valence-corrected chi connectivity index (χ1v) is 12.6. The van der Waals surface area contributed by atoms with E-state index in [-0.39, 0.29) is 12.3 Å². The molecule has 0 fully saturated rings. The van der Waals surface area contributed by atoms with E-state index in [2.05, 4.69) is 28.6 Å². The summed E-state index contributed by atoms with van der Waals surface area (Å²) in [6.45, 7) is 3.44. The van der Waals surface area contributed by atoms with Crippen molar-refractivity contribution in [2.75, 3.05) is 31.1 Å². The summed E-state index contributed by atoms with van der Waals surface area (Å²) < 4.78 is 14.2. The third-order valence-electron chi connectivity index (χ3n) is 5.63. The summed E-state index contributed by atoms with van der Waals surface area (Å²) in [5, 5.41) is 5.58. The highest BCUT2D eigenvalue weighted by Crippen LogP contribution is 2.33. The molecular formula is C27H29ClN4O3S. The lowest BCUT2D eigenvalue weighted by Crippen LogP contribution is -2.29. The van der Waals surface area contributed by atoms with Gasteiger partial charge < -0.3 is 14.8 Å². The maximum atomic E-state index is 12.7. The number of hydrazine groups is 1. The average Bonchev–Trinajstić information content (AvgIpc) is 3.31. The molecule has 0 aromatic heterocycles. The van der Waals surface area contributed by atoms with Gasteiger partial charge in [-0.25, -0.2) is 5.43 Å². The first-order chi connectivity index (χ1) is 17.5. The van der Waals surface area contributed by atoms with Crippen molar-refractivity contribution in [3.05, 3.63) is 88.6 Å². The standard InChI is InChI=1S/C27H29ClN4O3S/c1-18-15-29-32(17-18)24-11-9-21(31-27(33)12-19-6-4-5-7-23(19)28)13-26(24)36-30-16-20-8-10-22(34-2)14-25(20)35-3/h4-11,13-14,17,29-30H,12,15-16H2,1-3H3,(H,31,33). The van der Waals surface area contributed by atoms with Gasteiger partial charge in [-0.15, -0.1) is 0 Å². The van der Waals surface area contributed by atoms with Gasteiger partial charge in [-0.2, -0.15) is 0 Å². The molecule has 3 N–H and O–H groups in total. The Bertz CT molecular complexity index is 1270. The maximum Gasteiger partial charge on any atom is 0.228 e. The van der Waals surface area contributed by atoms with Crippen LogP contribution in [0.5, 0.6) is 11.5 Å². The number of carbonyl (C=O) groups is 1. The molecule has 36 heavy (non-hydrogen) atoms. The Balaban J connectivity index is 1.49. The second-order valence-electron chi connectivity index (χ2n) is 8.28. The minimum absolute atomic E-state index is 0.127. The summed E-state index contributed by atoms with van der Waals surface area (Å²) >= 11 is 7.71. The van der Waals surface area contributed by atoms with Crippen LogP contribution in [0.15, 0.2) is 77.3 Å². The molecule has 9 heteroatoms. The zero-order valence-corrected chi connectivity index (χ0v) is 22.0. The van der Waals surface area contributed by atoms with Crippen molar-refractivity contribution in [3.63, 3.8) is 0 Å². The van der Waals surface area contributed by atoms with Crippen LogP contribution in [0.2, 0.25) is 5.02 Å². The van der Waals surface area contributed by atoms with Crippen molar-refractivity contribution < 1.29 is 14.3 Å². The second-order valence-corrected chi connectivity index (χ2v) is 9.62. The van der Waals surface area contributed by atoms with Crippen molar-refractivity contribution in [2.45, 2.75) is 24.8 Å². The number of halogens is 1. The van der Waals surface area contributed by atoms with E-state index in [9.17, 15) is 4.79 Å². The Morgan fingerprint density at radius 1 is 1.08 bits per heavy atom. The number of rotatable bonds is 10. The maximum absolute atomic E-state index is 12.7. The van der Waals surface area contributed by atoms with Gasteiger partial charge in [0.05, 0.1) is 31.2 Å². The monoisotopic (exact) mass is 524 g/mol. The molecule has 0 unspecified atom stereocenters. The molecule has 0 saturated heterocycles. The van der Waals surface area contributed by atoms with Crippen LogP contribution in [0.1, 0.15) is 18.1 Å². The van der Waals surface area contributed by atoms with Gasteiger partial charge in [0.1, 0.15) is 11.5 Å².